The van der Waals surface area contributed by atoms with Gasteiger partial charge in [0.2, 0.25) is 6.35 Å². The van der Waals surface area contributed by atoms with Crippen LogP contribution in [0.15, 0.2) is 34.9 Å². The van der Waals surface area contributed by atoms with E-state index in [4.69, 9.17) is 4.74 Å². The Hall–Kier alpha value is -0.810. The van der Waals surface area contributed by atoms with Crippen LogP contribution in [0.2, 0.25) is 0 Å². The standard InChI is InChI=1S/C21H37O5PS/c1-6-26-17-27(22)21(28(23,24)25)16-8-7-12-19(4)14-10-15-20(5)13-9-11-18(2)3/h11-12,15,21H,6-10,13-14,16-17H2,1-5H3/p+1/b19-12+,20-15+. The lowest BCUT2D eigenvalue weighted by Gasteiger charge is -2.05. The zero-order valence-corrected chi connectivity index (χ0v) is 19.8. The van der Waals surface area contributed by atoms with E-state index < -0.39 is 22.9 Å². The molecular weight excluding hydrogens is 395 g/mol. The lowest BCUT2D eigenvalue weighted by molar-refractivity contribution is 0.193. The Bertz CT molecular complexity index is 658. The van der Waals surface area contributed by atoms with Crippen molar-refractivity contribution in [1.29, 1.82) is 0 Å². The molecule has 0 amide bonds. The maximum atomic E-state index is 12.1. The molecule has 0 aliphatic heterocycles. The van der Waals surface area contributed by atoms with Crippen molar-refractivity contribution in [2.75, 3.05) is 13.0 Å². The third-order valence-corrected chi connectivity index (χ3v) is 8.12. The molecule has 0 aromatic carbocycles. The third-order valence-electron chi connectivity index (χ3n) is 4.36. The van der Waals surface area contributed by atoms with E-state index in [-0.39, 0.29) is 12.8 Å². The molecule has 28 heavy (non-hydrogen) atoms. The molecule has 0 fully saturated rings. The molecule has 0 rings (SSSR count). The zero-order chi connectivity index (χ0) is 21.6. The Morgan fingerprint density at radius 2 is 1.54 bits per heavy atom. The van der Waals surface area contributed by atoms with E-state index in [2.05, 4.69) is 45.9 Å². The van der Waals surface area contributed by atoms with Crippen molar-refractivity contribution in [3.8, 4) is 0 Å². The quantitative estimate of drug-likeness (QED) is 0.136. The number of hydrogen-bond acceptors (Lipinski definition) is 4. The van der Waals surface area contributed by atoms with Gasteiger partial charge in [0, 0.05) is 13.0 Å². The fourth-order valence-corrected chi connectivity index (χ4v) is 5.52. The third kappa shape index (κ3) is 14.2. The minimum absolute atomic E-state index is 0.134. The van der Waals surface area contributed by atoms with Gasteiger partial charge in [0.1, 0.15) is 0 Å². The van der Waals surface area contributed by atoms with E-state index in [1.807, 2.05) is 0 Å². The van der Waals surface area contributed by atoms with Gasteiger partial charge < -0.3 is 4.74 Å². The van der Waals surface area contributed by atoms with Gasteiger partial charge >= 0.3 is 17.9 Å². The van der Waals surface area contributed by atoms with E-state index in [1.165, 1.54) is 16.7 Å². The van der Waals surface area contributed by atoms with Crippen LogP contribution in [0.3, 0.4) is 0 Å². The summed E-state index contributed by atoms with van der Waals surface area (Å²) in [6.45, 7) is 10.6. The summed E-state index contributed by atoms with van der Waals surface area (Å²) in [7, 11) is -6.47. The molecule has 7 heteroatoms. The second-order valence-electron chi connectivity index (χ2n) is 7.40. The van der Waals surface area contributed by atoms with Crippen molar-refractivity contribution < 1.29 is 22.3 Å². The van der Waals surface area contributed by atoms with Gasteiger partial charge in [0.05, 0.1) is 0 Å². The highest BCUT2D eigenvalue weighted by Crippen LogP contribution is 2.35. The van der Waals surface area contributed by atoms with Crippen molar-refractivity contribution in [1.82, 2.24) is 0 Å². The van der Waals surface area contributed by atoms with Crippen molar-refractivity contribution >= 4 is 17.9 Å². The molecule has 0 aliphatic rings. The highest BCUT2D eigenvalue weighted by molar-refractivity contribution is 7.92. The maximum Gasteiger partial charge on any atom is 0.388 e. The predicted octanol–water partition coefficient (Wildman–Crippen LogP) is 6.61. The van der Waals surface area contributed by atoms with E-state index in [0.717, 1.165) is 25.7 Å². The Morgan fingerprint density at radius 1 is 1.00 bits per heavy atom. The van der Waals surface area contributed by atoms with Gasteiger partial charge in [-0.25, -0.2) is 0 Å². The topological polar surface area (TPSA) is 80.7 Å². The minimum atomic E-state index is -4.33. The monoisotopic (exact) mass is 433 g/mol. The molecular formula is C21H38O5PS+. The molecule has 0 aromatic rings. The largest absolute Gasteiger partial charge is 0.388 e. The van der Waals surface area contributed by atoms with Gasteiger partial charge in [-0.2, -0.15) is 8.42 Å². The van der Waals surface area contributed by atoms with Gasteiger partial charge in [-0.1, -0.05) is 39.5 Å². The van der Waals surface area contributed by atoms with Crippen molar-refractivity contribution in [2.24, 2.45) is 0 Å². The average molecular weight is 434 g/mol. The summed E-state index contributed by atoms with van der Waals surface area (Å²) < 4.78 is 49.4. The molecule has 5 nitrogen and oxygen atoms in total. The van der Waals surface area contributed by atoms with Gasteiger partial charge in [0.25, 0.3) is 4.99 Å². The summed E-state index contributed by atoms with van der Waals surface area (Å²) in [5.74, 6) is 0. The molecule has 0 aliphatic carbocycles. The smallest absolute Gasteiger partial charge is 0.338 e. The minimum Gasteiger partial charge on any atom is -0.338 e. The van der Waals surface area contributed by atoms with Crippen LogP contribution >= 0.6 is 7.80 Å². The van der Waals surface area contributed by atoms with Crippen LogP contribution in [0, 0.1) is 0 Å². The number of allylic oxidation sites excluding steroid dienone is 6. The first-order valence-electron chi connectivity index (χ1n) is 10.00. The molecule has 1 N–H and O–H groups in total. The molecule has 0 radical (unpaired) electrons. The van der Waals surface area contributed by atoms with Crippen LogP contribution in [0.5, 0.6) is 0 Å². The molecule has 162 valence electrons. The summed E-state index contributed by atoms with van der Waals surface area (Å²) in [4.78, 5) is -1.24. The van der Waals surface area contributed by atoms with Crippen LogP contribution in [0.1, 0.15) is 79.6 Å². The zero-order valence-electron chi connectivity index (χ0n) is 18.1. The van der Waals surface area contributed by atoms with Crippen LogP contribution < -0.4 is 0 Å². The molecule has 0 spiro atoms. The Labute approximate surface area is 172 Å². The molecule has 2 atom stereocenters. The van der Waals surface area contributed by atoms with Crippen molar-refractivity contribution in [3.05, 3.63) is 34.9 Å². The van der Waals surface area contributed by atoms with E-state index in [1.54, 1.807) is 6.92 Å². The highest BCUT2D eigenvalue weighted by Gasteiger charge is 2.40. The summed E-state index contributed by atoms with van der Waals surface area (Å²) in [5.41, 5.74) is 4.01. The molecule has 2 unspecified atom stereocenters. The second kappa shape index (κ2) is 15.1. The normalized spacial score (nSPS) is 14.7. The first kappa shape index (κ1) is 27.2. The van der Waals surface area contributed by atoms with Crippen LogP contribution in [-0.2, 0) is 19.4 Å². The van der Waals surface area contributed by atoms with Crippen LogP contribution in [-0.4, -0.2) is 30.9 Å². The molecule has 0 aromatic heterocycles. The van der Waals surface area contributed by atoms with Crippen LogP contribution in [0.4, 0.5) is 0 Å². The van der Waals surface area contributed by atoms with Crippen molar-refractivity contribution in [3.63, 3.8) is 0 Å². The lowest BCUT2D eigenvalue weighted by Crippen LogP contribution is -2.18. The lowest BCUT2D eigenvalue weighted by atomic mass is 10.1. The second-order valence-corrected chi connectivity index (χ2v) is 11.1. The van der Waals surface area contributed by atoms with Gasteiger partial charge in [0.15, 0.2) is 0 Å². The van der Waals surface area contributed by atoms with E-state index >= 15 is 0 Å². The number of rotatable bonds is 15. The van der Waals surface area contributed by atoms with Gasteiger partial charge in [-0.3, -0.25) is 4.55 Å². The fourth-order valence-electron chi connectivity index (χ4n) is 2.69. The summed E-state index contributed by atoms with van der Waals surface area (Å²) in [6, 6.07) is 0. The fraction of sp³-hybridized carbons (Fsp3) is 0.714. The first-order valence-corrected chi connectivity index (χ1v) is 13.0. The summed E-state index contributed by atoms with van der Waals surface area (Å²) >= 11 is 0. The maximum absolute atomic E-state index is 12.1. The summed E-state index contributed by atoms with van der Waals surface area (Å²) in [5, 5.41) is 0. The van der Waals surface area contributed by atoms with E-state index in [0.29, 0.717) is 19.4 Å². The molecule has 0 saturated heterocycles. The Morgan fingerprint density at radius 3 is 2.04 bits per heavy atom. The molecule has 0 saturated carbocycles. The predicted molar refractivity (Wildman–Crippen MR) is 119 cm³/mol. The SMILES string of the molecule is CCOC[P+](=O)C(CCC/C=C(\C)CC/C=C(\C)CCC=C(C)C)S(=O)(=O)O. The van der Waals surface area contributed by atoms with Crippen molar-refractivity contribution in [2.45, 2.75) is 84.6 Å². The number of hydrogen-bond donors (Lipinski definition) is 1. The van der Waals surface area contributed by atoms with Gasteiger partial charge in [-0.15, -0.1) is 0 Å². The Kier molecular flexibility index (Phi) is 14.6. The average Bonchev–Trinajstić information content (AvgIpc) is 2.58. The molecule has 0 bridgehead atoms. The Balaban J connectivity index is 4.34. The highest BCUT2D eigenvalue weighted by atomic mass is 32.2. The van der Waals surface area contributed by atoms with E-state index in [9.17, 15) is 17.5 Å². The summed E-state index contributed by atoms with van der Waals surface area (Å²) in [6.07, 6.45) is 12.1. The van der Waals surface area contributed by atoms with Gasteiger partial charge in [-0.05, 0) is 73.1 Å². The molecule has 0 heterocycles. The van der Waals surface area contributed by atoms with Crippen LogP contribution in [0.25, 0.3) is 0 Å². The number of ether oxygens (including phenoxy) is 1. The number of unbranched alkanes of at least 4 members (excludes halogenated alkanes) is 1. The first-order chi connectivity index (χ1) is 13.1.